The number of benzene rings is 1. The van der Waals surface area contributed by atoms with E-state index in [4.69, 9.17) is 5.73 Å². The Morgan fingerprint density at radius 1 is 1.42 bits per heavy atom. The molecule has 3 rings (SSSR count). The van der Waals surface area contributed by atoms with Gasteiger partial charge in [-0.15, -0.1) is 0 Å². The second-order valence-electron chi connectivity index (χ2n) is 5.74. The number of aryl methyl sites for hydroxylation is 1. The molecule has 0 amide bonds. The van der Waals surface area contributed by atoms with Crippen LogP contribution >= 0.6 is 0 Å². The van der Waals surface area contributed by atoms with Gasteiger partial charge in [-0.2, -0.15) is 0 Å². The van der Waals surface area contributed by atoms with Crippen molar-refractivity contribution in [2.75, 3.05) is 0 Å². The van der Waals surface area contributed by atoms with E-state index in [1.165, 1.54) is 5.56 Å². The number of para-hydroxylation sites is 1. The zero-order valence-corrected chi connectivity index (χ0v) is 11.9. The second kappa shape index (κ2) is 5.61. The van der Waals surface area contributed by atoms with Crippen molar-refractivity contribution >= 4 is 11.0 Å². The number of nitrogens with zero attached hydrogens (tertiary/aromatic N) is 1. The molecule has 19 heavy (non-hydrogen) atoms. The maximum absolute atomic E-state index is 11.7. The van der Waals surface area contributed by atoms with Crippen molar-refractivity contribution in [3.63, 3.8) is 0 Å². The van der Waals surface area contributed by atoms with Crippen molar-refractivity contribution < 1.29 is 0 Å². The van der Waals surface area contributed by atoms with Crippen molar-refractivity contribution in [1.29, 1.82) is 0 Å². The van der Waals surface area contributed by atoms with Gasteiger partial charge in [0.15, 0.2) is 0 Å². The molecule has 0 bridgehead atoms. The van der Waals surface area contributed by atoms with Crippen LogP contribution in [0.3, 0.4) is 0 Å². The molecule has 3 N–H and O–H groups in total. The summed E-state index contributed by atoms with van der Waals surface area (Å²) in [6.45, 7) is 6.98. The Morgan fingerprint density at radius 3 is 2.79 bits per heavy atom. The fourth-order valence-corrected chi connectivity index (χ4v) is 2.50. The third kappa shape index (κ3) is 3.07. The van der Waals surface area contributed by atoms with Gasteiger partial charge in [0.25, 0.3) is 0 Å². The quantitative estimate of drug-likeness (QED) is 0.764. The number of rotatable bonds is 0. The third-order valence-electron chi connectivity index (χ3n) is 3.29. The number of hydrogen-bond acceptors (Lipinski definition) is 2. The van der Waals surface area contributed by atoms with Gasteiger partial charge in [0.2, 0.25) is 0 Å². The number of nitrogens with one attached hydrogen (secondary N) is 1. The highest BCUT2D eigenvalue weighted by molar-refractivity contribution is 5.79. The minimum absolute atomic E-state index is 0.0338. The lowest BCUT2D eigenvalue weighted by atomic mass is 9.99. The van der Waals surface area contributed by atoms with E-state index in [-0.39, 0.29) is 5.69 Å². The minimum Gasteiger partial charge on any atom is -0.328 e. The van der Waals surface area contributed by atoms with Crippen LogP contribution in [-0.2, 0) is 13.0 Å². The number of hydrogen-bond donors (Lipinski definition) is 2. The van der Waals surface area contributed by atoms with Crippen molar-refractivity contribution in [3.8, 4) is 0 Å². The molecule has 104 valence electrons. The molecular formula is C15H23N3O. The average Bonchev–Trinajstić information content (AvgIpc) is 2.50. The van der Waals surface area contributed by atoms with Crippen molar-refractivity contribution in [2.24, 2.45) is 11.7 Å². The summed E-state index contributed by atoms with van der Waals surface area (Å²) in [5, 5.41) is 0. The number of aromatic nitrogens is 2. The van der Waals surface area contributed by atoms with Gasteiger partial charge in [-0.1, -0.05) is 32.9 Å². The summed E-state index contributed by atoms with van der Waals surface area (Å²) >= 11 is 0. The number of imidazole rings is 1. The molecule has 0 fully saturated rings. The molecule has 2 aromatic rings. The van der Waals surface area contributed by atoms with Crippen LogP contribution in [0.1, 0.15) is 32.8 Å². The molecule has 1 aromatic heterocycles. The standard InChI is InChI=1S/C12H14N2O.C3H9N/c1-8-5-6-14-11-9(7-8)3-2-4-10(11)13-12(14)15;1-3(2)4/h2-4,8H,5-7H2,1H3,(H,13,15);3H,4H2,1-2H3. The predicted molar refractivity (Wildman–Crippen MR) is 79.4 cm³/mol. The Bertz CT molecular complexity index is 607. The Morgan fingerprint density at radius 2 is 2.11 bits per heavy atom. The lowest BCUT2D eigenvalue weighted by molar-refractivity contribution is 0.494. The zero-order valence-electron chi connectivity index (χ0n) is 11.9. The summed E-state index contributed by atoms with van der Waals surface area (Å²) in [6, 6.07) is 6.47. The first-order valence-corrected chi connectivity index (χ1v) is 6.95. The fraction of sp³-hybridized carbons (Fsp3) is 0.533. The van der Waals surface area contributed by atoms with E-state index in [9.17, 15) is 4.79 Å². The van der Waals surface area contributed by atoms with Crippen LogP contribution in [0, 0.1) is 5.92 Å². The third-order valence-corrected chi connectivity index (χ3v) is 3.29. The molecule has 4 nitrogen and oxygen atoms in total. The molecule has 1 unspecified atom stereocenters. The van der Waals surface area contributed by atoms with E-state index in [0.29, 0.717) is 12.0 Å². The SMILES string of the molecule is CC(C)N.CC1CCn2c(=O)[nH]c3cccc(c32)C1. The van der Waals surface area contributed by atoms with E-state index in [0.717, 1.165) is 30.4 Å². The molecule has 0 radical (unpaired) electrons. The van der Waals surface area contributed by atoms with Gasteiger partial charge in [0.1, 0.15) is 0 Å². The van der Waals surface area contributed by atoms with E-state index in [1.54, 1.807) is 0 Å². The van der Waals surface area contributed by atoms with Gasteiger partial charge >= 0.3 is 5.69 Å². The first-order valence-electron chi connectivity index (χ1n) is 6.95. The van der Waals surface area contributed by atoms with Crippen LogP contribution in [0.15, 0.2) is 23.0 Å². The van der Waals surface area contributed by atoms with Gasteiger partial charge in [0, 0.05) is 6.54 Å². The molecule has 1 aromatic carbocycles. The summed E-state index contributed by atoms with van der Waals surface area (Å²) in [5.74, 6) is 0.662. The maximum Gasteiger partial charge on any atom is 0.326 e. The molecule has 4 heteroatoms. The highest BCUT2D eigenvalue weighted by atomic mass is 16.1. The summed E-state index contributed by atoms with van der Waals surface area (Å²) in [6.07, 6.45) is 2.16. The topological polar surface area (TPSA) is 63.8 Å². The molecule has 0 saturated carbocycles. The first-order chi connectivity index (χ1) is 8.99. The largest absolute Gasteiger partial charge is 0.328 e. The van der Waals surface area contributed by atoms with Gasteiger partial charge in [-0.25, -0.2) is 4.79 Å². The van der Waals surface area contributed by atoms with Crippen LogP contribution in [0.2, 0.25) is 0 Å². The number of H-pyrrole nitrogens is 1. The molecule has 0 aliphatic carbocycles. The summed E-state index contributed by atoms with van der Waals surface area (Å²) in [4.78, 5) is 14.6. The fourth-order valence-electron chi connectivity index (χ4n) is 2.50. The van der Waals surface area contributed by atoms with E-state index >= 15 is 0 Å². The smallest absolute Gasteiger partial charge is 0.326 e. The average molecular weight is 261 g/mol. The molecule has 0 spiro atoms. The minimum atomic E-state index is 0.0338. The van der Waals surface area contributed by atoms with Gasteiger partial charge in [0.05, 0.1) is 11.0 Å². The highest BCUT2D eigenvalue weighted by Crippen LogP contribution is 2.24. The van der Waals surface area contributed by atoms with Gasteiger partial charge in [-0.05, 0) is 36.4 Å². The summed E-state index contributed by atoms with van der Waals surface area (Å²) in [5.41, 5.74) is 8.54. The van der Waals surface area contributed by atoms with Crippen LogP contribution in [0.5, 0.6) is 0 Å². The first kappa shape index (κ1) is 13.9. The predicted octanol–water partition coefficient (Wildman–Crippen LogP) is 2.27. The van der Waals surface area contributed by atoms with E-state index in [1.807, 2.05) is 30.5 Å². The molecular weight excluding hydrogens is 238 g/mol. The molecule has 1 aliphatic rings. The van der Waals surface area contributed by atoms with Crippen molar-refractivity contribution in [1.82, 2.24) is 9.55 Å². The molecule has 1 aliphatic heterocycles. The van der Waals surface area contributed by atoms with Gasteiger partial charge < -0.3 is 10.7 Å². The van der Waals surface area contributed by atoms with E-state index in [2.05, 4.69) is 18.0 Å². The van der Waals surface area contributed by atoms with Crippen LogP contribution in [-0.4, -0.2) is 15.6 Å². The van der Waals surface area contributed by atoms with Crippen LogP contribution in [0.4, 0.5) is 0 Å². The molecule has 1 atom stereocenters. The normalized spacial score (nSPS) is 18.1. The van der Waals surface area contributed by atoms with Crippen molar-refractivity contribution in [2.45, 2.75) is 46.2 Å². The zero-order chi connectivity index (χ0) is 14.0. The second-order valence-corrected chi connectivity index (χ2v) is 5.74. The van der Waals surface area contributed by atoms with Crippen LogP contribution < -0.4 is 11.4 Å². The number of nitrogens with two attached hydrogens (primary N) is 1. The Balaban J connectivity index is 0.000000297. The van der Waals surface area contributed by atoms with Gasteiger partial charge in [-0.3, -0.25) is 4.57 Å². The summed E-state index contributed by atoms with van der Waals surface area (Å²) < 4.78 is 1.88. The van der Waals surface area contributed by atoms with E-state index < -0.39 is 0 Å². The lowest BCUT2D eigenvalue weighted by Crippen LogP contribution is -2.16. The Hall–Kier alpha value is -1.55. The highest BCUT2D eigenvalue weighted by Gasteiger charge is 2.17. The monoisotopic (exact) mass is 261 g/mol. The lowest BCUT2D eigenvalue weighted by Gasteiger charge is -2.06. The molecule has 2 heterocycles. The van der Waals surface area contributed by atoms with Crippen LogP contribution in [0.25, 0.3) is 11.0 Å². The Kier molecular flexibility index (Phi) is 4.10. The number of aromatic amines is 1. The Labute approximate surface area is 113 Å². The summed E-state index contributed by atoms with van der Waals surface area (Å²) in [7, 11) is 0. The van der Waals surface area contributed by atoms with Crippen molar-refractivity contribution in [3.05, 3.63) is 34.2 Å². The molecule has 0 saturated heterocycles. The maximum atomic E-state index is 11.7.